The monoisotopic (exact) mass is 364 g/mol. The second kappa shape index (κ2) is 6.95. The fourth-order valence-corrected chi connectivity index (χ4v) is 3.75. The molecule has 1 aliphatic heterocycles. The third kappa shape index (κ3) is 4.20. The van der Waals surface area contributed by atoms with Gasteiger partial charge in [0.25, 0.3) is 5.69 Å². The SMILES string of the molecule is CC(C)(C)OC(=O)C[C@H]1C[C@@H](N2CC(c3ccc([N+](=O)[O-])cc3F)C2)C1. The van der Waals surface area contributed by atoms with Gasteiger partial charge >= 0.3 is 5.97 Å². The van der Waals surface area contributed by atoms with Crippen molar-refractivity contribution in [3.05, 3.63) is 39.7 Å². The summed E-state index contributed by atoms with van der Waals surface area (Å²) >= 11 is 0. The minimum absolute atomic E-state index is 0.0840. The van der Waals surface area contributed by atoms with E-state index >= 15 is 0 Å². The Morgan fingerprint density at radius 2 is 2.00 bits per heavy atom. The van der Waals surface area contributed by atoms with Gasteiger partial charge in [0.1, 0.15) is 11.4 Å². The first-order chi connectivity index (χ1) is 12.1. The van der Waals surface area contributed by atoms with Gasteiger partial charge in [0.2, 0.25) is 0 Å². The molecule has 0 bridgehead atoms. The summed E-state index contributed by atoms with van der Waals surface area (Å²) < 4.78 is 19.4. The van der Waals surface area contributed by atoms with E-state index in [0.717, 1.165) is 32.0 Å². The highest BCUT2D eigenvalue weighted by Crippen LogP contribution is 2.40. The molecule has 1 saturated heterocycles. The zero-order valence-corrected chi connectivity index (χ0v) is 15.4. The van der Waals surface area contributed by atoms with Crippen LogP contribution in [-0.4, -0.2) is 40.5 Å². The molecule has 2 fully saturated rings. The van der Waals surface area contributed by atoms with Gasteiger partial charge in [0, 0.05) is 37.5 Å². The molecule has 1 aromatic carbocycles. The molecule has 2 aliphatic rings. The topological polar surface area (TPSA) is 72.7 Å². The van der Waals surface area contributed by atoms with Crippen molar-refractivity contribution in [1.29, 1.82) is 0 Å². The summed E-state index contributed by atoms with van der Waals surface area (Å²) in [6, 6.07) is 4.33. The first-order valence-electron chi connectivity index (χ1n) is 9.02. The molecule has 1 aliphatic carbocycles. The minimum atomic E-state index is -0.584. The molecule has 0 radical (unpaired) electrons. The Hall–Kier alpha value is -2.02. The van der Waals surface area contributed by atoms with E-state index in [-0.39, 0.29) is 17.6 Å². The maximum atomic E-state index is 14.1. The van der Waals surface area contributed by atoms with Crippen LogP contribution in [0.4, 0.5) is 10.1 Å². The van der Waals surface area contributed by atoms with Crippen molar-refractivity contribution in [2.75, 3.05) is 13.1 Å². The molecule has 26 heavy (non-hydrogen) atoms. The summed E-state index contributed by atoms with van der Waals surface area (Å²) in [4.78, 5) is 24.3. The van der Waals surface area contributed by atoms with E-state index in [4.69, 9.17) is 4.74 Å². The van der Waals surface area contributed by atoms with E-state index in [9.17, 15) is 19.3 Å². The zero-order valence-electron chi connectivity index (χ0n) is 15.4. The van der Waals surface area contributed by atoms with Crippen LogP contribution in [0.5, 0.6) is 0 Å². The highest BCUT2D eigenvalue weighted by molar-refractivity contribution is 5.70. The maximum Gasteiger partial charge on any atom is 0.306 e. The summed E-state index contributed by atoms with van der Waals surface area (Å²) in [5, 5.41) is 10.7. The Labute approximate surface area is 152 Å². The number of non-ortho nitro benzene ring substituents is 1. The lowest BCUT2D eigenvalue weighted by Gasteiger charge is -2.50. The van der Waals surface area contributed by atoms with Gasteiger partial charge in [-0.05, 0) is 51.2 Å². The molecule has 0 unspecified atom stereocenters. The van der Waals surface area contributed by atoms with Crippen molar-refractivity contribution in [3.63, 3.8) is 0 Å². The van der Waals surface area contributed by atoms with Gasteiger partial charge in [-0.1, -0.05) is 0 Å². The number of nitro groups is 1. The van der Waals surface area contributed by atoms with Gasteiger partial charge in [-0.2, -0.15) is 0 Å². The van der Waals surface area contributed by atoms with E-state index in [1.807, 2.05) is 20.8 Å². The maximum absolute atomic E-state index is 14.1. The Bertz CT molecular complexity index is 704. The van der Waals surface area contributed by atoms with Crippen LogP contribution in [0.15, 0.2) is 18.2 Å². The average Bonchev–Trinajstić information content (AvgIpc) is 2.42. The number of carbonyl (C=O) groups is 1. The number of esters is 1. The van der Waals surface area contributed by atoms with Gasteiger partial charge in [-0.25, -0.2) is 4.39 Å². The summed E-state index contributed by atoms with van der Waals surface area (Å²) in [7, 11) is 0. The van der Waals surface area contributed by atoms with Gasteiger partial charge in [-0.3, -0.25) is 19.8 Å². The van der Waals surface area contributed by atoms with E-state index in [1.54, 1.807) is 0 Å². The van der Waals surface area contributed by atoms with Crippen LogP contribution >= 0.6 is 0 Å². The number of hydrogen-bond acceptors (Lipinski definition) is 5. The van der Waals surface area contributed by atoms with Crippen LogP contribution in [-0.2, 0) is 9.53 Å². The number of nitrogens with zero attached hydrogens (tertiary/aromatic N) is 2. The standard InChI is InChI=1S/C19H25FN2O4/c1-19(2,3)26-18(23)8-12-6-15(7-12)21-10-13(11-21)16-5-4-14(22(24)25)9-17(16)20/h4-5,9,12-13,15H,6-8,10-11H2,1-3H3/t12-,15+. The van der Waals surface area contributed by atoms with E-state index < -0.39 is 16.3 Å². The smallest absolute Gasteiger partial charge is 0.306 e. The largest absolute Gasteiger partial charge is 0.460 e. The van der Waals surface area contributed by atoms with Crippen LogP contribution in [0.3, 0.4) is 0 Å². The normalized spacial score (nSPS) is 23.8. The fourth-order valence-electron chi connectivity index (χ4n) is 3.75. The van der Waals surface area contributed by atoms with Crippen molar-refractivity contribution >= 4 is 11.7 Å². The average molecular weight is 364 g/mol. The van der Waals surface area contributed by atoms with E-state index in [0.29, 0.717) is 23.9 Å². The Balaban J connectivity index is 1.43. The molecule has 1 heterocycles. The summed E-state index contributed by atoms with van der Waals surface area (Å²) in [5.74, 6) is -0.193. The molecule has 0 amide bonds. The lowest BCUT2D eigenvalue weighted by atomic mass is 9.75. The van der Waals surface area contributed by atoms with Gasteiger partial charge in [0.15, 0.2) is 0 Å². The highest BCUT2D eigenvalue weighted by atomic mass is 19.1. The predicted molar refractivity (Wildman–Crippen MR) is 94.3 cm³/mol. The Morgan fingerprint density at radius 1 is 1.35 bits per heavy atom. The van der Waals surface area contributed by atoms with Gasteiger partial charge in [-0.15, -0.1) is 0 Å². The number of rotatable bonds is 5. The molecule has 7 heteroatoms. The molecule has 0 spiro atoms. The van der Waals surface area contributed by atoms with Crippen molar-refractivity contribution in [3.8, 4) is 0 Å². The molecule has 1 aromatic rings. The minimum Gasteiger partial charge on any atom is -0.460 e. The lowest BCUT2D eigenvalue weighted by molar-refractivity contribution is -0.385. The molecule has 1 saturated carbocycles. The Kier molecular flexibility index (Phi) is 5.01. The molecule has 0 atom stereocenters. The summed E-state index contributed by atoms with van der Waals surface area (Å²) in [5.41, 5.74) is -0.109. The number of carbonyl (C=O) groups excluding carboxylic acids is 1. The van der Waals surface area contributed by atoms with Crippen molar-refractivity contribution in [2.45, 2.75) is 57.6 Å². The zero-order chi connectivity index (χ0) is 19.1. The van der Waals surface area contributed by atoms with Crippen LogP contribution in [0, 0.1) is 21.8 Å². The molecule has 3 rings (SSSR count). The molecular weight excluding hydrogens is 339 g/mol. The second-order valence-corrected chi connectivity index (χ2v) is 8.40. The van der Waals surface area contributed by atoms with Gasteiger partial charge < -0.3 is 4.74 Å². The van der Waals surface area contributed by atoms with E-state index in [1.165, 1.54) is 12.1 Å². The van der Waals surface area contributed by atoms with E-state index in [2.05, 4.69) is 4.90 Å². The van der Waals surface area contributed by atoms with Crippen LogP contribution in [0.2, 0.25) is 0 Å². The van der Waals surface area contributed by atoms with Crippen LogP contribution < -0.4 is 0 Å². The van der Waals surface area contributed by atoms with Crippen LogP contribution in [0.1, 0.15) is 51.5 Å². The number of hydrogen-bond donors (Lipinski definition) is 0. The first kappa shape index (κ1) is 18.8. The summed E-state index contributed by atoms with van der Waals surface area (Å²) in [6.45, 7) is 7.13. The number of halogens is 1. The predicted octanol–water partition coefficient (Wildman–Crippen LogP) is 3.64. The number of likely N-dealkylation sites (tertiary alicyclic amines) is 1. The highest BCUT2D eigenvalue weighted by Gasteiger charge is 2.41. The molecule has 0 aromatic heterocycles. The Morgan fingerprint density at radius 3 is 2.54 bits per heavy atom. The second-order valence-electron chi connectivity index (χ2n) is 8.40. The quantitative estimate of drug-likeness (QED) is 0.453. The molecule has 6 nitrogen and oxygen atoms in total. The summed E-state index contributed by atoms with van der Waals surface area (Å²) in [6.07, 6.45) is 2.39. The molecule has 0 N–H and O–H groups in total. The lowest BCUT2D eigenvalue weighted by Crippen LogP contribution is -2.55. The molecular formula is C19H25FN2O4. The van der Waals surface area contributed by atoms with Crippen molar-refractivity contribution in [1.82, 2.24) is 4.90 Å². The fraction of sp³-hybridized carbons (Fsp3) is 0.632. The number of benzene rings is 1. The van der Waals surface area contributed by atoms with Crippen LogP contribution in [0.25, 0.3) is 0 Å². The third-order valence-corrected chi connectivity index (χ3v) is 5.15. The third-order valence-electron chi connectivity index (χ3n) is 5.15. The first-order valence-corrected chi connectivity index (χ1v) is 9.02. The molecule has 142 valence electrons. The number of ether oxygens (including phenoxy) is 1. The van der Waals surface area contributed by atoms with Gasteiger partial charge in [0.05, 0.1) is 11.0 Å². The van der Waals surface area contributed by atoms with Crippen molar-refractivity contribution < 1.29 is 18.8 Å². The van der Waals surface area contributed by atoms with Crippen molar-refractivity contribution in [2.24, 2.45) is 5.92 Å². The number of nitro benzene ring substituents is 1.